The van der Waals surface area contributed by atoms with Gasteiger partial charge in [0.1, 0.15) is 5.56 Å². The lowest BCUT2D eigenvalue weighted by molar-refractivity contribution is 0.0730. The summed E-state index contributed by atoms with van der Waals surface area (Å²) in [6.45, 7) is 3.30. The number of hydrogen-bond acceptors (Lipinski definition) is 5. The molecular formula is C24H25N3O5S. The Morgan fingerprint density at radius 3 is 2.48 bits per heavy atom. The van der Waals surface area contributed by atoms with Crippen LogP contribution in [0.5, 0.6) is 0 Å². The van der Waals surface area contributed by atoms with Gasteiger partial charge in [-0.05, 0) is 42.3 Å². The first-order valence-electron chi connectivity index (χ1n) is 10.6. The summed E-state index contributed by atoms with van der Waals surface area (Å²) in [5, 5.41) is 2.67. The number of anilines is 1. The van der Waals surface area contributed by atoms with Crippen LogP contribution in [0.4, 0.5) is 5.69 Å². The third-order valence-corrected chi connectivity index (χ3v) is 7.54. The molecule has 1 fully saturated rings. The zero-order valence-corrected chi connectivity index (χ0v) is 19.0. The van der Waals surface area contributed by atoms with Crippen molar-refractivity contribution >= 4 is 21.6 Å². The Labute approximate surface area is 192 Å². The number of pyridine rings is 1. The first kappa shape index (κ1) is 22.9. The molecule has 2 heterocycles. The lowest BCUT2D eigenvalue weighted by atomic mass is 10.2. The van der Waals surface area contributed by atoms with E-state index in [4.69, 9.17) is 4.74 Å². The van der Waals surface area contributed by atoms with Gasteiger partial charge in [-0.25, -0.2) is 8.42 Å². The molecule has 0 unspecified atom stereocenters. The van der Waals surface area contributed by atoms with Crippen molar-refractivity contribution in [3.05, 3.63) is 93.9 Å². The first-order chi connectivity index (χ1) is 15.9. The highest BCUT2D eigenvalue weighted by molar-refractivity contribution is 7.89. The number of carbonyl (C=O) groups is 1. The van der Waals surface area contributed by atoms with Gasteiger partial charge in [-0.2, -0.15) is 4.31 Å². The third-order valence-electron chi connectivity index (χ3n) is 5.49. The van der Waals surface area contributed by atoms with Crippen molar-refractivity contribution in [2.24, 2.45) is 0 Å². The number of ether oxygens (including phenoxy) is 1. The second-order valence-electron chi connectivity index (χ2n) is 7.79. The largest absolute Gasteiger partial charge is 0.379 e. The number of sulfonamides is 1. The Bertz CT molecular complexity index is 1310. The van der Waals surface area contributed by atoms with Crippen molar-refractivity contribution in [1.29, 1.82) is 0 Å². The van der Waals surface area contributed by atoms with Crippen LogP contribution in [0.3, 0.4) is 0 Å². The normalized spacial score (nSPS) is 14.7. The average molecular weight is 468 g/mol. The van der Waals surface area contributed by atoms with Crippen molar-refractivity contribution in [1.82, 2.24) is 8.87 Å². The van der Waals surface area contributed by atoms with E-state index < -0.39 is 21.5 Å². The SMILES string of the molecule is Cc1ccc(NC(=O)c2cccn(Cc3ccccc3)c2=O)cc1S(=O)(=O)N1CCOCC1. The second-order valence-corrected chi connectivity index (χ2v) is 9.70. The number of nitrogens with zero attached hydrogens (tertiary/aromatic N) is 2. The molecule has 4 rings (SSSR count). The summed E-state index contributed by atoms with van der Waals surface area (Å²) in [5.74, 6) is -0.596. The van der Waals surface area contributed by atoms with Gasteiger partial charge < -0.3 is 14.6 Å². The number of rotatable bonds is 6. The van der Waals surface area contributed by atoms with E-state index in [2.05, 4.69) is 5.32 Å². The quantitative estimate of drug-likeness (QED) is 0.601. The van der Waals surface area contributed by atoms with Gasteiger partial charge in [0.2, 0.25) is 10.0 Å². The van der Waals surface area contributed by atoms with Crippen molar-refractivity contribution in [2.75, 3.05) is 31.6 Å². The standard InChI is InChI=1S/C24H25N3O5S/c1-18-9-10-20(16-22(18)33(30,31)27-12-14-32-15-13-27)25-23(28)21-8-5-11-26(24(21)29)17-19-6-3-2-4-7-19/h2-11,16H,12-15,17H2,1H3,(H,25,28). The third kappa shape index (κ3) is 5.05. The molecule has 0 spiro atoms. The first-order valence-corrected chi connectivity index (χ1v) is 12.0. The molecule has 1 amide bonds. The highest BCUT2D eigenvalue weighted by Crippen LogP contribution is 2.24. The van der Waals surface area contributed by atoms with Crippen LogP contribution in [0, 0.1) is 6.92 Å². The van der Waals surface area contributed by atoms with E-state index in [1.165, 1.54) is 21.0 Å². The topological polar surface area (TPSA) is 97.7 Å². The summed E-state index contributed by atoms with van der Waals surface area (Å²) in [4.78, 5) is 25.9. The number of aryl methyl sites for hydroxylation is 1. The maximum Gasteiger partial charge on any atom is 0.263 e. The lowest BCUT2D eigenvalue weighted by Crippen LogP contribution is -2.40. The molecule has 9 heteroatoms. The molecule has 1 N–H and O–H groups in total. The predicted octanol–water partition coefficient (Wildman–Crippen LogP) is 2.48. The van der Waals surface area contributed by atoms with Gasteiger partial charge in [0.25, 0.3) is 11.5 Å². The van der Waals surface area contributed by atoms with Crippen LogP contribution in [0.1, 0.15) is 21.5 Å². The molecule has 0 aliphatic carbocycles. The van der Waals surface area contributed by atoms with E-state index in [0.717, 1.165) is 5.56 Å². The summed E-state index contributed by atoms with van der Waals surface area (Å²) >= 11 is 0. The lowest BCUT2D eigenvalue weighted by Gasteiger charge is -2.26. The monoisotopic (exact) mass is 467 g/mol. The summed E-state index contributed by atoms with van der Waals surface area (Å²) in [6, 6.07) is 17.3. The van der Waals surface area contributed by atoms with E-state index in [-0.39, 0.29) is 23.5 Å². The molecule has 33 heavy (non-hydrogen) atoms. The molecule has 172 valence electrons. The minimum atomic E-state index is -3.73. The molecular weight excluding hydrogens is 442 g/mol. The summed E-state index contributed by atoms with van der Waals surface area (Å²) in [5.41, 5.74) is 1.37. The number of nitrogens with one attached hydrogen (secondary N) is 1. The minimum Gasteiger partial charge on any atom is -0.379 e. The van der Waals surface area contributed by atoms with E-state index in [0.29, 0.717) is 31.0 Å². The molecule has 1 aromatic heterocycles. The van der Waals surface area contributed by atoms with E-state index in [9.17, 15) is 18.0 Å². The van der Waals surface area contributed by atoms with Gasteiger partial charge in [-0.3, -0.25) is 9.59 Å². The van der Waals surface area contributed by atoms with Gasteiger partial charge >= 0.3 is 0 Å². The number of aromatic nitrogens is 1. The Hall–Kier alpha value is -3.27. The van der Waals surface area contributed by atoms with Crippen molar-refractivity contribution in [3.63, 3.8) is 0 Å². The predicted molar refractivity (Wildman–Crippen MR) is 125 cm³/mol. The maximum atomic E-state index is 13.1. The Kier molecular flexibility index (Phi) is 6.73. The van der Waals surface area contributed by atoms with Crippen LogP contribution in [-0.4, -0.2) is 49.5 Å². The number of carbonyl (C=O) groups excluding carboxylic acids is 1. The molecule has 1 aliphatic rings. The Balaban J connectivity index is 1.58. The van der Waals surface area contributed by atoms with Crippen molar-refractivity contribution in [2.45, 2.75) is 18.4 Å². The molecule has 3 aromatic rings. The van der Waals surface area contributed by atoms with E-state index in [1.54, 1.807) is 31.3 Å². The fraction of sp³-hybridized carbons (Fsp3) is 0.250. The Morgan fingerprint density at radius 2 is 1.76 bits per heavy atom. The van der Waals surface area contributed by atoms with Crippen LogP contribution >= 0.6 is 0 Å². The Morgan fingerprint density at radius 1 is 1.03 bits per heavy atom. The van der Waals surface area contributed by atoms with E-state index >= 15 is 0 Å². The molecule has 1 saturated heterocycles. The fourth-order valence-electron chi connectivity index (χ4n) is 3.69. The zero-order chi connectivity index (χ0) is 23.4. The number of benzene rings is 2. The smallest absolute Gasteiger partial charge is 0.263 e. The van der Waals surface area contributed by atoms with Gasteiger partial charge in [-0.1, -0.05) is 36.4 Å². The van der Waals surface area contributed by atoms with Crippen LogP contribution in [0.25, 0.3) is 0 Å². The molecule has 0 saturated carbocycles. The van der Waals surface area contributed by atoms with Gasteiger partial charge in [0, 0.05) is 25.0 Å². The minimum absolute atomic E-state index is 0.0217. The van der Waals surface area contributed by atoms with Crippen molar-refractivity contribution in [3.8, 4) is 0 Å². The second kappa shape index (κ2) is 9.70. The van der Waals surface area contributed by atoms with Crippen LogP contribution in [-0.2, 0) is 21.3 Å². The van der Waals surface area contributed by atoms with Gasteiger partial charge in [-0.15, -0.1) is 0 Å². The summed E-state index contributed by atoms with van der Waals surface area (Å²) < 4.78 is 34.3. The molecule has 1 aliphatic heterocycles. The highest BCUT2D eigenvalue weighted by atomic mass is 32.2. The highest BCUT2D eigenvalue weighted by Gasteiger charge is 2.28. The van der Waals surface area contributed by atoms with Crippen LogP contribution in [0.15, 0.2) is 76.6 Å². The fourth-order valence-corrected chi connectivity index (χ4v) is 5.35. The van der Waals surface area contributed by atoms with Gasteiger partial charge in [0.05, 0.1) is 24.7 Å². The summed E-state index contributed by atoms with van der Waals surface area (Å²) in [7, 11) is -3.73. The number of morpholine rings is 1. The summed E-state index contributed by atoms with van der Waals surface area (Å²) in [6.07, 6.45) is 1.63. The zero-order valence-electron chi connectivity index (χ0n) is 18.2. The number of hydrogen-bond donors (Lipinski definition) is 1. The molecule has 0 radical (unpaired) electrons. The van der Waals surface area contributed by atoms with Crippen LogP contribution < -0.4 is 10.9 Å². The molecule has 2 aromatic carbocycles. The average Bonchev–Trinajstić information content (AvgIpc) is 2.82. The maximum absolute atomic E-state index is 13.1. The molecule has 8 nitrogen and oxygen atoms in total. The molecule has 0 bridgehead atoms. The van der Waals surface area contributed by atoms with Gasteiger partial charge in [0.15, 0.2) is 0 Å². The molecule has 0 atom stereocenters. The van der Waals surface area contributed by atoms with Crippen LogP contribution in [0.2, 0.25) is 0 Å². The number of amides is 1. The van der Waals surface area contributed by atoms with E-state index in [1.807, 2.05) is 30.3 Å². The van der Waals surface area contributed by atoms with Crippen molar-refractivity contribution < 1.29 is 17.9 Å².